The number of rotatable bonds is 5. The number of carbonyl (C=O) groups is 2. The van der Waals surface area contributed by atoms with E-state index in [1.165, 1.54) is 35.7 Å². The Hall–Kier alpha value is -2.51. The molecule has 0 saturated carbocycles. The quantitative estimate of drug-likeness (QED) is 0.552. The van der Waals surface area contributed by atoms with E-state index in [1.54, 1.807) is 0 Å². The molecule has 1 aliphatic rings. The molecule has 29 heavy (non-hydrogen) atoms. The fraction of sp³-hybridized carbons (Fsp3) is 0.364. The summed E-state index contributed by atoms with van der Waals surface area (Å²) < 4.78 is 31.8. The molecule has 1 saturated heterocycles. The van der Waals surface area contributed by atoms with Gasteiger partial charge < -0.3 is 4.74 Å². The van der Waals surface area contributed by atoms with Crippen molar-refractivity contribution in [1.29, 1.82) is 0 Å². The van der Waals surface area contributed by atoms with E-state index < -0.39 is 16.0 Å². The molecule has 0 aliphatic carbocycles. The first kappa shape index (κ1) is 21.2. The number of carbonyl (C=O) groups excluding carboxylic acids is 2. The maximum absolute atomic E-state index is 12.9. The standard InChI is InChI=1S/C22H25NO5S/c1-15-4-9-20(16(2)14-15)21(24)17-10-12-23(13-11-17)29(26,27)19-7-5-18(6-8-19)22(25)28-3/h4-9,14,17H,10-13H2,1-3H3. The maximum Gasteiger partial charge on any atom is 0.337 e. The summed E-state index contributed by atoms with van der Waals surface area (Å²) in [6, 6.07) is 11.5. The van der Waals surface area contributed by atoms with Crippen LogP contribution >= 0.6 is 0 Å². The maximum atomic E-state index is 12.9. The molecule has 0 N–H and O–H groups in total. The molecule has 2 aromatic rings. The van der Waals surface area contributed by atoms with Crippen molar-refractivity contribution in [2.24, 2.45) is 5.92 Å². The highest BCUT2D eigenvalue weighted by atomic mass is 32.2. The number of benzene rings is 2. The number of hydrogen-bond acceptors (Lipinski definition) is 5. The molecule has 0 unspecified atom stereocenters. The van der Waals surface area contributed by atoms with Crippen LogP contribution in [0.5, 0.6) is 0 Å². The molecular formula is C22H25NO5S. The van der Waals surface area contributed by atoms with Crippen LogP contribution in [0, 0.1) is 19.8 Å². The van der Waals surface area contributed by atoms with Crippen LogP contribution in [0.3, 0.4) is 0 Å². The number of methoxy groups -OCH3 is 1. The zero-order valence-electron chi connectivity index (χ0n) is 16.8. The van der Waals surface area contributed by atoms with Gasteiger partial charge in [0.25, 0.3) is 0 Å². The monoisotopic (exact) mass is 415 g/mol. The predicted octanol–water partition coefficient (Wildman–Crippen LogP) is 3.37. The van der Waals surface area contributed by atoms with Crippen molar-refractivity contribution in [2.75, 3.05) is 20.2 Å². The molecule has 154 valence electrons. The number of esters is 1. The Kier molecular flexibility index (Phi) is 6.19. The summed E-state index contributed by atoms with van der Waals surface area (Å²) in [5, 5.41) is 0. The van der Waals surface area contributed by atoms with Gasteiger partial charge in [-0.15, -0.1) is 0 Å². The Bertz CT molecular complexity index is 1020. The van der Waals surface area contributed by atoms with E-state index in [1.807, 2.05) is 32.0 Å². The summed E-state index contributed by atoms with van der Waals surface area (Å²) >= 11 is 0. The van der Waals surface area contributed by atoms with Gasteiger partial charge >= 0.3 is 5.97 Å². The SMILES string of the molecule is COC(=O)c1ccc(S(=O)(=O)N2CCC(C(=O)c3ccc(C)cc3C)CC2)cc1. The van der Waals surface area contributed by atoms with Crippen molar-refractivity contribution in [3.63, 3.8) is 0 Å². The summed E-state index contributed by atoms with van der Waals surface area (Å²) in [6.45, 7) is 4.50. The predicted molar refractivity (Wildman–Crippen MR) is 110 cm³/mol. The second kappa shape index (κ2) is 8.47. The molecule has 0 radical (unpaired) electrons. The highest BCUT2D eigenvalue weighted by Gasteiger charge is 2.32. The zero-order chi connectivity index (χ0) is 21.2. The number of aryl methyl sites for hydroxylation is 2. The van der Waals surface area contributed by atoms with E-state index in [0.29, 0.717) is 31.5 Å². The van der Waals surface area contributed by atoms with E-state index in [0.717, 1.165) is 16.7 Å². The Morgan fingerprint density at radius 3 is 2.17 bits per heavy atom. The summed E-state index contributed by atoms with van der Waals surface area (Å²) in [5.41, 5.74) is 3.08. The number of nitrogens with zero attached hydrogens (tertiary/aromatic N) is 1. The van der Waals surface area contributed by atoms with Gasteiger partial charge in [-0.1, -0.05) is 23.8 Å². The second-order valence-corrected chi connectivity index (χ2v) is 9.31. The lowest BCUT2D eigenvalue weighted by Gasteiger charge is -2.30. The fourth-order valence-corrected chi connectivity index (χ4v) is 5.17. The summed E-state index contributed by atoms with van der Waals surface area (Å²) in [5.74, 6) is -0.605. The Labute approximate surface area is 171 Å². The molecule has 0 amide bonds. The van der Waals surface area contributed by atoms with E-state index in [-0.39, 0.29) is 16.6 Å². The minimum Gasteiger partial charge on any atom is -0.465 e. The van der Waals surface area contributed by atoms with Gasteiger partial charge in [-0.05, 0) is 56.5 Å². The summed E-state index contributed by atoms with van der Waals surface area (Å²) in [6.07, 6.45) is 0.983. The van der Waals surface area contributed by atoms with Crippen LogP contribution in [-0.4, -0.2) is 44.7 Å². The average molecular weight is 416 g/mol. The molecule has 0 bridgehead atoms. The Morgan fingerprint density at radius 1 is 1.00 bits per heavy atom. The molecule has 3 rings (SSSR count). The van der Waals surface area contributed by atoms with Gasteiger partial charge in [0.2, 0.25) is 10.0 Å². The van der Waals surface area contributed by atoms with Crippen molar-refractivity contribution in [1.82, 2.24) is 4.31 Å². The van der Waals surface area contributed by atoms with Crippen molar-refractivity contribution in [3.05, 3.63) is 64.7 Å². The number of hydrogen-bond donors (Lipinski definition) is 0. The summed E-state index contributed by atoms with van der Waals surface area (Å²) in [4.78, 5) is 24.5. The van der Waals surface area contributed by atoms with E-state index in [2.05, 4.69) is 4.74 Å². The first-order chi connectivity index (χ1) is 13.7. The third-order valence-corrected chi connectivity index (χ3v) is 7.30. The van der Waals surface area contributed by atoms with Gasteiger partial charge in [-0.3, -0.25) is 4.79 Å². The number of piperidine rings is 1. The van der Waals surface area contributed by atoms with Crippen molar-refractivity contribution in [3.8, 4) is 0 Å². The highest BCUT2D eigenvalue weighted by molar-refractivity contribution is 7.89. The second-order valence-electron chi connectivity index (χ2n) is 7.38. The lowest BCUT2D eigenvalue weighted by molar-refractivity contribution is 0.0600. The largest absolute Gasteiger partial charge is 0.465 e. The normalized spacial score (nSPS) is 15.8. The average Bonchev–Trinajstić information content (AvgIpc) is 2.73. The molecular weight excluding hydrogens is 390 g/mol. The minimum atomic E-state index is -3.67. The zero-order valence-corrected chi connectivity index (χ0v) is 17.7. The van der Waals surface area contributed by atoms with E-state index in [4.69, 9.17) is 0 Å². The lowest BCUT2D eigenvalue weighted by atomic mass is 9.87. The van der Waals surface area contributed by atoms with Crippen LogP contribution in [0.2, 0.25) is 0 Å². The van der Waals surface area contributed by atoms with Crippen molar-refractivity contribution >= 4 is 21.8 Å². The molecule has 7 heteroatoms. The van der Waals surface area contributed by atoms with Gasteiger partial charge in [0, 0.05) is 24.6 Å². The molecule has 6 nitrogen and oxygen atoms in total. The Morgan fingerprint density at radius 2 is 1.62 bits per heavy atom. The smallest absolute Gasteiger partial charge is 0.337 e. The molecule has 1 aliphatic heterocycles. The Balaban J connectivity index is 1.69. The van der Waals surface area contributed by atoms with Gasteiger partial charge in [-0.2, -0.15) is 4.31 Å². The van der Waals surface area contributed by atoms with Gasteiger partial charge in [0.15, 0.2) is 5.78 Å². The third kappa shape index (κ3) is 4.41. The van der Waals surface area contributed by atoms with Crippen LogP contribution in [0.25, 0.3) is 0 Å². The van der Waals surface area contributed by atoms with Crippen LogP contribution < -0.4 is 0 Å². The van der Waals surface area contributed by atoms with Crippen LogP contribution in [0.4, 0.5) is 0 Å². The molecule has 1 heterocycles. The fourth-order valence-electron chi connectivity index (χ4n) is 3.70. The molecule has 0 aromatic heterocycles. The minimum absolute atomic E-state index is 0.0852. The number of sulfonamides is 1. The van der Waals surface area contributed by atoms with Crippen molar-refractivity contribution < 1.29 is 22.7 Å². The number of ether oxygens (including phenoxy) is 1. The number of ketones is 1. The van der Waals surface area contributed by atoms with Crippen LogP contribution in [-0.2, 0) is 14.8 Å². The first-order valence-corrected chi connectivity index (χ1v) is 11.0. The van der Waals surface area contributed by atoms with Gasteiger partial charge in [0.05, 0.1) is 17.6 Å². The lowest BCUT2D eigenvalue weighted by Crippen LogP contribution is -2.40. The third-order valence-electron chi connectivity index (χ3n) is 5.39. The van der Waals surface area contributed by atoms with E-state index in [9.17, 15) is 18.0 Å². The molecule has 1 fully saturated rings. The molecule has 0 spiro atoms. The van der Waals surface area contributed by atoms with Crippen molar-refractivity contribution in [2.45, 2.75) is 31.6 Å². The van der Waals surface area contributed by atoms with Crippen LogP contribution in [0.15, 0.2) is 47.4 Å². The summed E-state index contributed by atoms with van der Waals surface area (Å²) in [7, 11) is -2.39. The topological polar surface area (TPSA) is 80.8 Å². The molecule has 0 atom stereocenters. The first-order valence-electron chi connectivity index (χ1n) is 9.54. The number of Topliss-reactive ketones (excluding diaryl/α,β-unsaturated/α-hetero) is 1. The van der Waals surface area contributed by atoms with Crippen LogP contribution in [0.1, 0.15) is 44.7 Å². The highest BCUT2D eigenvalue weighted by Crippen LogP contribution is 2.27. The van der Waals surface area contributed by atoms with Gasteiger partial charge in [-0.25, -0.2) is 13.2 Å². The van der Waals surface area contributed by atoms with Gasteiger partial charge in [0.1, 0.15) is 0 Å². The van der Waals surface area contributed by atoms with E-state index >= 15 is 0 Å². The molecule has 2 aromatic carbocycles.